The second-order valence-electron chi connectivity index (χ2n) is 6.09. The highest BCUT2D eigenvalue weighted by molar-refractivity contribution is 6.31. The number of fused-ring (bicyclic) bond motifs is 2. The summed E-state index contributed by atoms with van der Waals surface area (Å²) >= 11 is 6.23. The van der Waals surface area contributed by atoms with E-state index in [1.54, 1.807) is 0 Å². The molecule has 1 saturated carbocycles. The van der Waals surface area contributed by atoms with E-state index in [-0.39, 0.29) is 29.8 Å². The smallest absolute Gasteiger partial charge is 0.311 e. The Labute approximate surface area is 146 Å². The molecule has 1 spiro atoms. The number of nitrogens with two attached hydrogens (primary N) is 1. The number of non-ortho nitro benzene ring substituents is 1. The molecule has 1 aromatic rings. The van der Waals surface area contributed by atoms with Gasteiger partial charge in [-0.15, -0.1) is 0 Å². The predicted molar refractivity (Wildman–Crippen MR) is 81.7 cm³/mol. The van der Waals surface area contributed by atoms with Gasteiger partial charge in [-0.25, -0.2) is 4.99 Å². The van der Waals surface area contributed by atoms with Gasteiger partial charge in [0, 0.05) is 18.1 Å². The van der Waals surface area contributed by atoms with Gasteiger partial charge < -0.3 is 9.47 Å². The number of hydrogen-bond acceptors (Lipinski definition) is 7. The highest BCUT2D eigenvalue weighted by Gasteiger charge is 2.97. The molecule has 2 heterocycles. The monoisotopic (exact) mass is 360 g/mol. The Morgan fingerprint density at radius 3 is 2.56 bits per heavy atom. The van der Waals surface area contributed by atoms with Gasteiger partial charge in [-0.2, -0.15) is 10.5 Å². The molecular formula is C15H11ClN5O4+. The lowest BCUT2D eigenvalue weighted by atomic mass is 9.94. The highest BCUT2D eigenvalue weighted by Crippen LogP contribution is 2.79. The molecule has 0 radical (unpaired) electrons. The van der Waals surface area contributed by atoms with E-state index in [2.05, 4.69) is 17.1 Å². The van der Waals surface area contributed by atoms with Crippen molar-refractivity contribution in [3.05, 3.63) is 38.9 Å². The molecule has 0 amide bonds. The van der Waals surface area contributed by atoms with E-state index in [1.165, 1.54) is 18.2 Å². The normalized spacial score (nSPS) is 34.0. The number of nitrogens with zero attached hydrogens (tertiary/aromatic N) is 3. The van der Waals surface area contributed by atoms with Crippen molar-refractivity contribution >= 4 is 23.1 Å². The number of amidine groups is 1. The molecule has 0 aromatic heterocycles. The maximum atomic E-state index is 10.9. The molecule has 126 valence electrons. The summed E-state index contributed by atoms with van der Waals surface area (Å²) in [6.07, 6.45) is 0. The molecule has 10 heteroatoms. The fraction of sp³-hybridized carbons (Fsp3) is 0.400. The molecule has 3 atom stereocenters. The van der Waals surface area contributed by atoms with E-state index < -0.39 is 27.6 Å². The van der Waals surface area contributed by atoms with Gasteiger partial charge in [-0.05, 0) is 5.56 Å². The van der Waals surface area contributed by atoms with E-state index in [4.69, 9.17) is 26.8 Å². The van der Waals surface area contributed by atoms with Gasteiger partial charge in [-0.3, -0.25) is 15.8 Å². The van der Waals surface area contributed by atoms with Crippen molar-refractivity contribution in [2.24, 2.45) is 16.6 Å². The summed E-state index contributed by atoms with van der Waals surface area (Å²) in [4.78, 5) is 13.2. The lowest BCUT2D eigenvalue weighted by Crippen LogP contribution is -2.89. The Bertz CT molecular complexity index is 929. The van der Waals surface area contributed by atoms with Gasteiger partial charge in [0.15, 0.2) is 10.8 Å². The largest absolute Gasteiger partial charge is 0.343 e. The Balaban J connectivity index is 1.91. The highest BCUT2D eigenvalue weighted by atomic mass is 35.5. The van der Waals surface area contributed by atoms with Crippen LogP contribution in [0.25, 0.3) is 0 Å². The molecular weight excluding hydrogens is 350 g/mol. The maximum absolute atomic E-state index is 10.9. The van der Waals surface area contributed by atoms with Crippen LogP contribution in [0.15, 0.2) is 18.2 Å². The first-order chi connectivity index (χ1) is 11.9. The SMILES string of the molecule is N#C[C@@]12C(N)=[NH+]C3(OCCO3)[C@]1(C#N)[C@H]2c1ccc([N+](=O)[O-])cc1Cl. The van der Waals surface area contributed by atoms with Crippen LogP contribution in [0.4, 0.5) is 5.69 Å². The molecule has 1 aliphatic carbocycles. The molecule has 1 aromatic carbocycles. The van der Waals surface area contributed by atoms with Gasteiger partial charge in [0.05, 0.1) is 35.3 Å². The number of nitro groups is 1. The molecule has 4 rings (SSSR count). The summed E-state index contributed by atoms with van der Waals surface area (Å²) in [5.41, 5.74) is 3.45. The fourth-order valence-corrected chi connectivity index (χ4v) is 4.43. The van der Waals surface area contributed by atoms with Crippen molar-refractivity contribution < 1.29 is 19.4 Å². The fourth-order valence-electron chi connectivity index (χ4n) is 4.15. The van der Waals surface area contributed by atoms with Crippen LogP contribution in [0, 0.1) is 43.6 Å². The Hall–Kier alpha value is -2.72. The Kier molecular flexibility index (Phi) is 2.95. The van der Waals surface area contributed by atoms with Gasteiger partial charge >= 0.3 is 5.91 Å². The summed E-state index contributed by atoms with van der Waals surface area (Å²) in [5.74, 6) is -2.20. The van der Waals surface area contributed by atoms with E-state index in [0.717, 1.165) is 0 Å². The van der Waals surface area contributed by atoms with Crippen molar-refractivity contribution in [2.45, 2.75) is 11.8 Å². The van der Waals surface area contributed by atoms with Gasteiger partial charge in [-0.1, -0.05) is 17.7 Å². The summed E-state index contributed by atoms with van der Waals surface area (Å²) in [6, 6.07) is 8.18. The molecule has 3 aliphatic rings. The molecule has 2 fully saturated rings. The third-order valence-corrected chi connectivity index (χ3v) is 5.53. The van der Waals surface area contributed by atoms with Crippen LogP contribution in [0.5, 0.6) is 0 Å². The number of ether oxygens (including phenoxy) is 2. The van der Waals surface area contributed by atoms with Gasteiger partial charge in [0.25, 0.3) is 11.5 Å². The average Bonchev–Trinajstić information content (AvgIpc) is 2.82. The molecule has 9 nitrogen and oxygen atoms in total. The third kappa shape index (κ3) is 1.51. The van der Waals surface area contributed by atoms with Crippen LogP contribution in [0.3, 0.4) is 0 Å². The number of halogens is 1. The zero-order valence-corrected chi connectivity index (χ0v) is 13.4. The summed E-state index contributed by atoms with van der Waals surface area (Å²) in [7, 11) is 0. The number of rotatable bonds is 2. The van der Waals surface area contributed by atoms with Crippen LogP contribution >= 0.6 is 11.6 Å². The predicted octanol–water partition coefficient (Wildman–Crippen LogP) is -0.483. The Morgan fingerprint density at radius 2 is 2.04 bits per heavy atom. The summed E-state index contributed by atoms with van der Waals surface area (Å²) in [6.45, 7) is 0.484. The van der Waals surface area contributed by atoms with Crippen LogP contribution < -0.4 is 10.7 Å². The lowest BCUT2D eigenvalue weighted by Gasteiger charge is -2.23. The number of nitrogens with one attached hydrogen (secondary N) is 1. The van der Waals surface area contributed by atoms with Crippen molar-refractivity contribution in [3.63, 3.8) is 0 Å². The van der Waals surface area contributed by atoms with E-state index >= 15 is 0 Å². The second kappa shape index (κ2) is 4.67. The number of nitro benzene ring substituents is 1. The molecule has 1 saturated heterocycles. The quantitative estimate of drug-likeness (QED) is 0.534. The van der Waals surface area contributed by atoms with Crippen LogP contribution in [0.2, 0.25) is 5.02 Å². The van der Waals surface area contributed by atoms with Crippen molar-refractivity contribution in [3.8, 4) is 12.1 Å². The first-order valence-corrected chi connectivity index (χ1v) is 7.73. The van der Waals surface area contributed by atoms with Crippen molar-refractivity contribution in [2.75, 3.05) is 13.2 Å². The number of nitriles is 2. The Morgan fingerprint density at radius 1 is 1.36 bits per heavy atom. The molecule has 0 unspecified atom stereocenters. The van der Waals surface area contributed by atoms with Gasteiger partial charge in [0.2, 0.25) is 0 Å². The summed E-state index contributed by atoms with van der Waals surface area (Å²) in [5, 5.41) is 30.8. The average molecular weight is 361 g/mol. The minimum Gasteiger partial charge on any atom is -0.311 e. The van der Waals surface area contributed by atoms with Crippen molar-refractivity contribution in [1.29, 1.82) is 10.5 Å². The third-order valence-electron chi connectivity index (χ3n) is 5.20. The number of benzene rings is 1. The summed E-state index contributed by atoms with van der Waals surface area (Å²) < 4.78 is 11.3. The molecule has 25 heavy (non-hydrogen) atoms. The second-order valence-corrected chi connectivity index (χ2v) is 6.49. The number of hydrogen-bond donors (Lipinski definition) is 2. The zero-order valence-electron chi connectivity index (χ0n) is 12.7. The topological polar surface area (TPSA) is 149 Å². The molecule has 2 aliphatic heterocycles. The minimum absolute atomic E-state index is 0.0675. The first kappa shape index (κ1) is 15.8. The standard InChI is InChI=1S/C15H10ClN5O4/c16-10-5-8(21(22)23)1-2-9(10)11-13(6-17)12(19)20-15(14(11,13)7-18)24-3-4-25-15/h1-2,5,11H,3-4H2,(H2,19,20)/p+1/t11-,13+,14+/m0/s1. The van der Waals surface area contributed by atoms with E-state index in [0.29, 0.717) is 5.56 Å². The first-order valence-electron chi connectivity index (χ1n) is 7.35. The molecule has 0 bridgehead atoms. The van der Waals surface area contributed by atoms with Crippen LogP contribution in [-0.2, 0) is 9.47 Å². The maximum Gasteiger partial charge on any atom is 0.343 e. The van der Waals surface area contributed by atoms with Gasteiger partial charge in [0.1, 0.15) is 0 Å². The van der Waals surface area contributed by atoms with Crippen LogP contribution in [-0.4, -0.2) is 29.9 Å². The van der Waals surface area contributed by atoms with E-state index in [1.807, 2.05) is 0 Å². The lowest BCUT2D eigenvalue weighted by molar-refractivity contribution is -0.676. The zero-order chi connectivity index (χ0) is 18.0. The van der Waals surface area contributed by atoms with Crippen molar-refractivity contribution in [1.82, 2.24) is 0 Å². The molecule has 3 N–H and O–H groups in total. The van der Waals surface area contributed by atoms with E-state index in [9.17, 15) is 20.6 Å². The van der Waals surface area contributed by atoms with Crippen LogP contribution in [0.1, 0.15) is 11.5 Å². The minimum atomic E-state index is -1.53.